The van der Waals surface area contributed by atoms with Gasteiger partial charge in [0.2, 0.25) is 0 Å². The number of carbonyl (C=O) groups is 2. The second-order valence-corrected chi connectivity index (χ2v) is 6.65. The Morgan fingerprint density at radius 3 is 2.30 bits per heavy atom. The molecule has 1 aliphatic carbocycles. The summed E-state index contributed by atoms with van der Waals surface area (Å²) in [6, 6.07) is 5.90. The molecule has 0 N–H and O–H groups in total. The van der Waals surface area contributed by atoms with Crippen LogP contribution in [0.3, 0.4) is 0 Å². The van der Waals surface area contributed by atoms with Crippen molar-refractivity contribution in [2.75, 3.05) is 0 Å². The molecule has 2 atom stereocenters. The number of Topliss-reactive ketones (excluding diaryl/α,β-unsaturated/α-hetero) is 2. The maximum absolute atomic E-state index is 12.8. The summed E-state index contributed by atoms with van der Waals surface area (Å²) in [6.07, 6.45) is 0.768. The molecular weight excluding hydrogens is 290 g/mol. The van der Waals surface area contributed by atoms with Gasteiger partial charge in [-0.25, -0.2) is 0 Å². The van der Waals surface area contributed by atoms with Crippen LogP contribution in [0.5, 0.6) is 0 Å². The molecule has 0 aliphatic heterocycles. The Balaban J connectivity index is 1.90. The minimum Gasteiger partial charge on any atom is -0.361 e. The summed E-state index contributed by atoms with van der Waals surface area (Å²) >= 11 is 0. The van der Waals surface area contributed by atoms with Crippen molar-refractivity contribution in [3.05, 3.63) is 51.9 Å². The van der Waals surface area contributed by atoms with Gasteiger partial charge < -0.3 is 4.52 Å². The highest BCUT2D eigenvalue weighted by atomic mass is 16.5. The molecule has 4 nitrogen and oxygen atoms in total. The van der Waals surface area contributed by atoms with Crippen LogP contribution in [0.25, 0.3) is 0 Å². The van der Waals surface area contributed by atoms with Crippen molar-refractivity contribution >= 4 is 11.6 Å². The molecule has 0 saturated heterocycles. The molecule has 3 rings (SSSR count). The molecule has 0 amide bonds. The smallest absolute Gasteiger partial charge is 0.151 e. The molecule has 0 spiro atoms. The predicted octanol–water partition coefficient (Wildman–Crippen LogP) is 3.39. The molecule has 1 saturated carbocycles. The van der Waals surface area contributed by atoms with Crippen LogP contribution < -0.4 is 0 Å². The summed E-state index contributed by atoms with van der Waals surface area (Å²) in [5.74, 6) is -0.148. The number of ketones is 2. The molecule has 2 unspecified atom stereocenters. The first-order valence-corrected chi connectivity index (χ1v) is 7.93. The average molecular weight is 311 g/mol. The maximum Gasteiger partial charge on any atom is 0.151 e. The van der Waals surface area contributed by atoms with E-state index in [0.29, 0.717) is 12.8 Å². The van der Waals surface area contributed by atoms with Gasteiger partial charge >= 0.3 is 0 Å². The number of rotatable bonds is 3. The van der Waals surface area contributed by atoms with Crippen molar-refractivity contribution in [1.29, 1.82) is 0 Å². The van der Waals surface area contributed by atoms with Crippen LogP contribution in [0.15, 0.2) is 22.7 Å². The number of hydrogen-bond acceptors (Lipinski definition) is 4. The molecule has 1 aliphatic rings. The molecule has 4 heteroatoms. The average Bonchev–Trinajstić information content (AvgIpc) is 2.96. The summed E-state index contributed by atoms with van der Waals surface area (Å²) < 4.78 is 5.05. The Morgan fingerprint density at radius 2 is 1.74 bits per heavy atom. The summed E-state index contributed by atoms with van der Waals surface area (Å²) in [5.41, 5.74) is 4.83. The number of aryl methyl sites for hydroxylation is 4. The predicted molar refractivity (Wildman–Crippen MR) is 86.5 cm³/mol. The third-order valence-corrected chi connectivity index (χ3v) is 4.62. The van der Waals surface area contributed by atoms with E-state index >= 15 is 0 Å². The first-order chi connectivity index (χ1) is 10.9. The molecule has 0 bridgehead atoms. The fraction of sp³-hybridized carbons (Fsp3) is 0.421. The zero-order chi connectivity index (χ0) is 16.7. The van der Waals surface area contributed by atoms with Gasteiger partial charge in [0.15, 0.2) is 5.78 Å². The lowest BCUT2D eigenvalue weighted by atomic mass is 9.86. The van der Waals surface area contributed by atoms with Crippen LogP contribution in [0.2, 0.25) is 0 Å². The van der Waals surface area contributed by atoms with Gasteiger partial charge in [0.25, 0.3) is 0 Å². The largest absolute Gasteiger partial charge is 0.361 e. The molecule has 2 aromatic rings. The van der Waals surface area contributed by atoms with Crippen LogP contribution in [0.1, 0.15) is 46.0 Å². The Hall–Kier alpha value is -2.23. The lowest BCUT2D eigenvalue weighted by Crippen LogP contribution is -2.18. The lowest BCUT2D eigenvalue weighted by molar-refractivity contribution is -0.124. The third kappa shape index (κ3) is 2.85. The van der Waals surface area contributed by atoms with E-state index in [1.54, 1.807) is 0 Å². The quantitative estimate of drug-likeness (QED) is 0.815. The SMILES string of the molecule is Cc1cc(C)c(C2C(=O)CC(Cc3cc(C)on3)C2=O)c(C)c1. The first-order valence-electron chi connectivity index (χ1n) is 7.93. The van der Waals surface area contributed by atoms with E-state index in [9.17, 15) is 9.59 Å². The summed E-state index contributed by atoms with van der Waals surface area (Å²) in [6.45, 7) is 7.80. The minimum absolute atomic E-state index is 0.0192. The van der Waals surface area contributed by atoms with E-state index in [1.165, 1.54) is 0 Å². The van der Waals surface area contributed by atoms with Gasteiger partial charge in [-0.1, -0.05) is 22.9 Å². The fourth-order valence-corrected chi connectivity index (χ4v) is 3.74. The molecular formula is C19H21NO3. The highest BCUT2D eigenvalue weighted by molar-refractivity contribution is 6.15. The molecule has 120 valence electrons. The van der Waals surface area contributed by atoms with E-state index in [4.69, 9.17) is 4.52 Å². The normalized spacial score (nSPS) is 21.2. The molecule has 1 heterocycles. The minimum atomic E-state index is -0.617. The number of aromatic nitrogens is 1. The van der Waals surface area contributed by atoms with Crippen LogP contribution in [-0.4, -0.2) is 16.7 Å². The van der Waals surface area contributed by atoms with Gasteiger partial charge in [-0.2, -0.15) is 0 Å². The first kappa shape index (κ1) is 15.7. The van der Waals surface area contributed by atoms with Crippen LogP contribution in [0.4, 0.5) is 0 Å². The number of hydrogen-bond donors (Lipinski definition) is 0. The summed E-state index contributed by atoms with van der Waals surface area (Å²) in [7, 11) is 0. The molecule has 1 aromatic carbocycles. The third-order valence-electron chi connectivity index (χ3n) is 4.62. The van der Waals surface area contributed by atoms with Gasteiger partial charge in [-0.3, -0.25) is 9.59 Å². The second kappa shape index (κ2) is 5.76. The Bertz CT molecular complexity index is 765. The van der Waals surface area contributed by atoms with Crippen molar-refractivity contribution in [3.63, 3.8) is 0 Å². The maximum atomic E-state index is 12.8. The molecule has 1 fully saturated rings. The van der Waals surface area contributed by atoms with Crippen molar-refractivity contribution in [3.8, 4) is 0 Å². The number of carbonyl (C=O) groups excluding carboxylic acids is 2. The standard InChI is InChI=1S/C19H21NO3/c1-10-5-11(2)17(12(3)6-10)18-16(21)9-14(19(18)22)8-15-7-13(4)23-20-15/h5-7,14,18H,8-9H2,1-4H3. The van der Waals surface area contributed by atoms with Crippen molar-refractivity contribution in [2.24, 2.45) is 5.92 Å². The fourth-order valence-electron chi connectivity index (χ4n) is 3.74. The Labute approximate surface area is 135 Å². The van der Waals surface area contributed by atoms with E-state index in [0.717, 1.165) is 33.7 Å². The van der Waals surface area contributed by atoms with Gasteiger partial charge in [0.05, 0.1) is 5.69 Å². The van der Waals surface area contributed by atoms with Crippen molar-refractivity contribution < 1.29 is 14.1 Å². The Kier molecular flexibility index (Phi) is 3.92. The molecule has 0 radical (unpaired) electrons. The second-order valence-electron chi connectivity index (χ2n) is 6.65. The highest BCUT2D eigenvalue weighted by Crippen LogP contribution is 2.37. The van der Waals surface area contributed by atoms with Gasteiger partial charge in [-0.15, -0.1) is 0 Å². The number of nitrogens with zero attached hydrogens (tertiary/aromatic N) is 1. The van der Waals surface area contributed by atoms with E-state index in [-0.39, 0.29) is 17.5 Å². The van der Waals surface area contributed by atoms with E-state index in [2.05, 4.69) is 5.16 Å². The summed E-state index contributed by atoms with van der Waals surface area (Å²) in [5, 5.41) is 3.94. The van der Waals surface area contributed by atoms with Crippen LogP contribution in [-0.2, 0) is 16.0 Å². The number of benzene rings is 1. The van der Waals surface area contributed by atoms with Gasteiger partial charge in [0, 0.05) is 24.8 Å². The zero-order valence-electron chi connectivity index (χ0n) is 14.0. The van der Waals surface area contributed by atoms with Crippen molar-refractivity contribution in [1.82, 2.24) is 5.16 Å². The van der Waals surface area contributed by atoms with Crippen LogP contribution in [0, 0.1) is 33.6 Å². The van der Waals surface area contributed by atoms with Crippen LogP contribution >= 0.6 is 0 Å². The lowest BCUT2D eigenvalue weighted by Gasteiger charge is -2.16. The van der Waals surface area contributed by atoms with E-state index < -0.39 is 5.92 Å². The van der Waals surface area contributed by atoms with Gasteiger partial charge in [0.1, 0.15) is 17.5 Å². The van der Waals surface area contributed by atoms with Gasteiger partial charge in [-0.05, 0) is 44.4 Å². The van der Waals surface area contributed by atoms with Crippen molar-refractivity contribution in [2.45, 2.75) is 46.5 Å². The monoisotopic (exact) mass is 311 g/mol. The molecule has 23 heavy (non-hydrogen) atoms. The summed E-state index contributed by atoms with van der Waals surface area (Å²) in [4.78, 5) is 25.4. The highest BCUT2D eigenvalue weighted by Gasteiger charge is 2.43. The molecule has 1 aromatic heterocycles. The Morgan fingerprint density at radius 1 is 1.09 bits per heavy atom. The van der Waals surface area contributed by atoms with E-state index in [1.807, 2.05) is 45.9 Å². The topological polar surface area (TPSA) is 60.2 Å². The zero-order valence-corrected chi connectivity index (χ0v) is 14.0.